The lowest BCUT2D eigenvalue weighted by atomic mass is 9.87. The zero-order valence-electron chi connectivity index (χ0n) is 21.0. The minimum absolute atomic E-state index is 0.0238. The molecule has 9 rings (SSSR count). The van der Waals surface area contributed by atoms with Gasteiger partial charge in [0.2, 0.25) is 0 Å². The molecule has 1 aliphatic heterocycles. The van der Waals surface area contributed by atoms with E-state index in [1.165, 1.54) is 27.4 Å². The molecule has 3 heterocycles. The van der Waals surface area contributed by atoms with Gasteiger partial charge in [-0.2, -0.15) is 0 Å². The van der Waals surface area contributed by atoms with Gasteiger partial charge in [0, 0.05) is 27.6 Å². The highest BCUT2D eigenvalue weighted by Gasteiger charge is 2.33. The predicted octanol–water partition coefficient (Wildman–Crippen LogP) is 9.18. The molecule has 0 spiro atoms. The maximum absolute atomic E-state index is 6.49. The summed E-state index contributed by atoms with van der Waals surface area (Å²) in [6, 6.07) is 38.5. The van der Waals surface area contributed by atoms with Crippen molar-refractivity contribution in [3.8, 4) is 11.4 Å². The van der Waals surface area contributed by atoms with Gasteiger partial charge >= 0.3 is 0 Å². The summed E-state index contributed by atoms with van der Waals surface area (Å²) in [6.07, 6.45) is 6.77. The first-order chi connectivity index (χ1) is 19.3. The first kappa shape index (κ1) is 21.0. The highest BCUT2D eigenvalue weighted by molar-refractivity contribution is 6.14. The first-order valence-electron chi connectivity index (χ1n) is 13.4. The molecule has 0 bridgehead atoms. The van der Waals surface area contributed by atoms with E-state index in [4.69, 9.17) is 9.15 Å². The van der Waals surface area contributed by atoms with Gasteiger partial charge in [0.1, 0.15) is 23.0 Å². The molecule has 2 atom stereocenters. The highest BCUT2D eigenvalue weighted by Crippen LogP contribution is 2.44. The average Bonchev–Trinajstić information content (AvgIpc) is 3.65. The third-order valence-corrected chi connectivity index (χ3v) is 8.35. The summed E-state index contributed by atoms with van der Waals surface area (Å²) < 4.78 is 15.1. The number of ether oxygens (including phenoxy) is 1. The Morgan fingerprint density at radius 1 is 0.641 bits per heavy atom. The van der Waals surface area contributed by atoms with E-state index in [1.54, 1.807) is 0 Å². The third-order valence-electron chi connectivity index (χ3n) is 8.35. The molecule has 0 fully saturated rings. The van der Waals surface area contributed by atoms with Gasteiger partial charge in [0.05, 0.1) is 22.1 Å². The second-order valence-corrected chi connectivity index (χ2v) is 10.5. The van der Waals surface area contributed by atoms with E-state index in [9.17, 15) is 0 Å². The lowest BCUT2D eigenvalue weighted by Gasteiger charge is -2.18. The molecule has 1 aliphatic carbocycles. The van der Waals surface area contributed by atoms with Crippen molar-refractivity contribution in [1.29, 1.82) is 0 Å². The van der Waals surface area contributed by atoms with Crippen LogP contribution in [0.1, 0.15) is 17.0 Å². The van der Waals surface area contributed by atoms with Gasteiger partial charge < -0.3 is 13.7 Å². The number of hydrogen-bond acceptors (Lipinski definition) is 2. The standard InChI is InChI=1S/C36H23NO2/c1-4-11-29-24(8-1)25-9-2-5-12-30(25)37(29)31-13-7-15-33-36(31)28-19-17-23(21-35(28)39-33)22-16-18-27-26-10-3-6-14-32(26)38-34(27)20-22/h1-21,27,34H. The molecule has 2 unspecified atom stereocenters. The summed E-state index contributed by atoms with van der Waals surface area (Å²) in [5, 5.41) is 4.76. The van der Waals surface area contributed by atoms with Crippen LogP contribution in [0.3, 0.4) is 0 Å². The summed E-state index contributed by atoms with van der Waals surface area (Å²) in [5.41, 5.74) is 8.87. The Hall–Kier alpha value is -5.02. The fourth-order valence-electron chi connectivity index (χ4n) is 6.60. The number of nitrogens with zero attached hydrogens (tertiary/aromatic N) is 1. The zero-order valence-corrected chi connectivity index (χ0v) is 21.0. The Morgan fingerprint density at radius 3 is 2.26 bits per heavy atom. The lowest BCUT2D eigenvalue weighted by Crippen LogP contribution is -2.17. The van der Waals surface area contributed by atoms with E-state index in [0.717, 1.165) is 44.5 Å². The number of benzene rings is 5. The molecule has 3 heteroatoms. The van der Waals surface area contributed by atoms with Gasteiger partial charge in [0.15, 0.2) is 0 Å². The lowest BCUT2D eigenvalue weighted by molar-refractivity contribution is 0.269. The van der Waals surface area contributed by atoms with E-state index in [-0.39, 0.29) is 12.0 Å². The van der Waals surface area contributed by atoms with Gasteiger partial charge in [-0.3, -0.25) is 0 Å². The number of fused-ring (bicyclic) bond motifs is 9. The topological polar surface area (TPSA) is 27.3 Å². The van der Waals surface area contributed by atoms with Gasteiger partial charge in [-0.15, -0.1) is 0 Å². The number of allylic oxidation sites excluding steroid dienone is 2. The van der Waals surface area contributed by atoms with Crippen LogP contribution < -0.4 is 4.74 Å². The fourth-order valence-corrected chi connectivity index (χ4v) is 6.60. The molecule has 0 radical (unpaired) electrons. The molecule has 184 valence electrons. The molecule has 39 heavy (non-hydrogen) atoms. The second-order valence-electron chi connectivity index (χ2n) is 10.5. The van der Waals surface area contributed by atoms with E-state index in [2.05, 4.69) is 126 Å². The minimum atomic E-state index is 0.0238. The predicted molar refractivity (Wildman–Crippen MR) is 159 cm³/mol. The first-order valence-corrected chi connectivity index (χ1v) is 13.4. The summed E-state index contributed by atoms with van der Waals surface area (Å²) in [7, 11) is 0. The van der Waals surface area contributed by atoms with Crippen molar-refractivity contribution in [1.82, 2.24) is 4.57 Å². The van der Waals surface area contributed by atoms with Crippen molar-refractivity contribution in [3.05, 3.63) is 139 Å². The number of furan rings is 1. The molecule has 2 aromatic heterocycles. The van der Waals surface area contributed by atoms with Crippen molar-refractivity contribution in [2.75, 3.05) is 0 Å². The SMILES string of the molecule is C1=CC2c3ccccc3OC2C=C1c1ccc2c(c1)oc1cccc(-n3c4ccccc4c4ccccc43)c12. The Bertz CT molecular complexity index is 2120. The number of rotatable bonds is 2. The van der Waals surface area contributed by atoms with E-state index in [1.807, 2.05) is 6.07 Å². The largest absolute Gasteiger partial charge is 0.485 e. The molecule has 7 aromatic rings. The summed E-state index contributed by atoms with van der Waals surface area (Å²) in [4.78, 5) is 0. The Kier molecular flexibility index (Phi) is 4.17. The van der Waals surface area contributed by atoms with Gasteiger partial charge in [-0.1, -0.05) is 78.9 Å². The smallest absolute Gasteiger partial charge is 0.137 e. The Labute approximate surface area is 224 Å². The molecule has 0 saturated carbocycles. The summed E-state index contributed by atoms with van der Waals surface area (Å²) in [5.74, 6) is 1.26. The van der Waals surface area contributed by atoms with Crippen LogP contribution in [-0.4, -0.2) is 10.7 Å². The van der Waals surface area contributed by atoms with Crippen LogP contribution in [0.4, 0.5) is 0 Å². The maximum atomic E-state index is 6.49. The molecule has 0 saturated heterocycles. The number of hydrogen-bond donors (Lipinski definition) is 0. The molecule has 0 amide bonds. The Balaban J connectivity index is 1.21. The molecule has 0 N–H and O–H groups in total. The second kappa shape index (κ2) is 7.75. The van der Waals surface area contributed by atoms with Crippen molar-refractivity contribution in [2.24, 2.45) is 0 Å². The highest BCUT2D eigenvalue weighted by atomic mass is 16.5. The van der Waals surface area contributed by atoms with Crippen LogP contribution in [0.5, 0.6) is 5.75 Å². The molecular weight excluding hydrogens is 478 g/mol. The monoisotopic (exact) mass is 501 g/mol. The van der Waals surface area contributed by atoms with Crippen molar-refractivity contribution in [2.45, 2.75) is 12.0 Å². The van der Waals surface area contributed by atoms with Gasteiger partial charge in [-0.25, -0.2) is 0 Å². The van der Waals surface area contributed by atoms with Crippen LogP contribution in [0.15, 0.2) is 132 Å². The zero-order chi connectivity index (χ0) is 25.5. The Morgan fingerprint density at radius 2 is 1.41 bits per heavy atom. The average molecular weight is 502 g/mol. The molecular formula is C36H23NO2. The normalized spacial score (nSPS) is 18.0. The summed E-state index contributed by atoms with van der Waals surface area (Å²) >= 11 is 0. The molecule has 5 aromatic carbocycles. The molecule has 3 nitrogen and oxygen atoms in total. The summed E-state index contributed by atoms with van der Waals surface area (Å²) in [6.45, 7) is 0. The maximum Gasteiger partial charge on any atom is 0.137 e. The number of aromatic nitrogens is 1. The van der Waals surface area contributed by atoms with Crippen LogP contribution in [0.25, 0.3) is 55.0 Å². The fraction of sp³-hybridized carbons (Fsp3) is 0.0556. The number of para-hydroxylation sites is 3. The van der Waals surface area contributed by atoms with E-state index >= 15 is 0 Å². The third kappa shape index (κ3) is 2.93. The van der Waals surface area contributed by atoms with Crippen LogP contribution in [0.2, 0.25) is 0 Å². The minimum Gasteiger partial charge on any atom is -0.485 e. The van der Waals surface area contributed by atoms with E-state index in [0.29, 0.717) is 0 Å². The van der Waals surface area contributed by atoms with Crippen molar-refractivity contribution < 1.29 is 9.15 Å². The van der Waals surface area contributed by atoms with Crippen LogP contribution in [-0.2, 0) is 0 Å². The van der Waals surface area contributed by atoms with Gasteiger partial charge in [-0.05, 0) is 59.7 Å². The van der Waals surface area contributed by atoms with Gasteiger partial charge in [0.25, 0.3) is 0 Å². The quantitative estimate of drug-likeness (QED) is 0.236. The molecule has 2 aliphatic rings. The van der Waals surface area contributed by atoms with Crippen molar-refractivity contribution >= 4 is 49.3 Å². The van der Waals surface area contributed by atoms with Crippen LogP contribution in [0, 0.1) is 0 Å². The van der Waals surface area contributed by atoms with Crippen LogP contribution >= 0.6 is 0 Å². The van der Waals surface area contributed by atoms with E-state index < -0.39 is 0 Å². The van der Waals surface area contributed by atoms with Crippen molar-refractivity contribution in [3.63, 3.8) is 0 Å².